The molecule has 2 atom stereocenters. The second-order valence-corrected chi connectivity index (χ2v) is 4.33. The molecule has 0 aromatic carbocycles. The highest BCUT2D eigenvalue weighted by molar-refractivity contribution is 5.81. The number of carbonyl (C=O) groups is 2. The average molecular weight is 242 g/mol. The second kappa shape index (κ2) is 5.01. The summed E-state index contributed by atoms with van der Waals surface area (Å²) in [5.74, 6) is 0.0674. The van der Waals surface area contributed by atoms with E-state index in [4.69, 9.17) is 9.47 Å². The minimum atomic E-state index is -0.214. The first-order valence-corrected chi connectivity index (χ1v) is 5.82. The molecule has 0 radical (unpaired) electrons. The predicted molar refractivity (Wildman–Crippen MR) is 58.6 cm³/mol. The number of carbonyl (C=O) groups excluding carboxylic acids is 2. The Bertz CT molecular complexity index is 291. The van der Waals surface area contributed by atoms with Crippen molar-refractivity contribution in [3.8, 4) is 0 Å². The molecule has 2 rings (SSSR count). The van der Waals surface area contributed by atoms with Crippen LogP contribution in [-0.2, 0) is 19.1 Å². The molecule has 0 aromatic heterocycles. The van der Waals surface area contributed by atoms with Crippen LogP contribution in [0.1, 0.15) is 25.7 Å². The van der Waals surface area contributed by atoms with E-state index in [1.54, 1.807) is 24.0 Å². The maximum Gasteiger partial charge on any atom is 0.226 e. The zero-order valence-corrected chi connectivity index (χ0v) is 10.2. The van der Waals surface area contributed by atoms with Gasteiger partial charge in [0.25, 0.3) is 0 Å². The largest absolute Gasteiger partial charge is 0.361 e. The van der Waals surface area contributed by atoms with E-state index >= 15 is 0 Å². The lowest BCUT2D eigenvalue weighted by molar-refractivity contribution is -0.150. The quantitative estimate of drug-likeness (QED) is 0.703. The average Bonchev–Trinajstić information content (AvgIpc) is 2.85. The fourth-order valence-corrected chi connectivity index (χ4v) is 2.41. The van der Waals surface area contributed by atoms with Crippen LogP contribution in [0.5, 0.6) is 0 Å². The van der Waals surface area contributed by atoms with E-state index in [1.165, 1.54) is 0 Å². The molecule has 2 aliphatic heterocycles. The molecule has 17 heavy (non-hydrogen) atoms. The maximum absolute atomic E-state index is 11.7. The van der Waals surface area contributed by atoms with E-state index in [0.29, 0.717) is 25.7 Å². The smallest absolute Gasteiger partial charge is 0.226 e. The molecular weight excluding hydrogens is 224 g/mol. The van der Waals surface area contributed by atoms with E-state index < -0.39 is 0 Å². The lowest BCUT2D eigenvalue weighted by Gasteiger charge is -2.31. The van der Waals surface area contributed by atoms with Crippen molar-refractivity contribution >= 4 is 11.8 Å². The van der Waals surface area contributed by atoms with Crippen molar-refractivity contribution in [3.05, 3.63) is 0 Å². The number of hydrogen-bond acceptors (Lipinski definition) is 4. The fraction of sp³-hybridized carbons (Fsp3) is 0.818. The maximum atomic E-state index is 11.7. The van der Waals surface area contributed by atoms with E-state index in [1.807, 2.05) is 0 Å². The van der Waals surface area contributed by atoms with Crippen LogP contribution in [0.25, 0.3) is 0 Å². The Hall–Kier alpha value is -1.14. The molecule has 0 spiro atoms. The number of ether oxygens (including phenoxy) is 2. The molecule has 2 heterocycles. The van der Waals surface area contributed by atoms with Crippen molar-refractivity contribution in [3.63, 3.8) is 0 Å². The highest BCUT2D eigenvalue weighted by atomic mass is 16.5. The van der Waals surface area contributed by atoms with Gasteiger partial charge in [-0.3, -0.25) is 19.4 Å². The number of likely N-dealkylation sites (tertiary alicyclic amines) is 2. The van der Waals surface area contributed by atoms with Crippen molar-refractivity contribution in [2.24, 2.45) is 0 Å². The SMILES string of the molecule is COC1CCC(=O)N1CN1C(=O)CCC1OC. The molecule has 0 saturated carbocycles. The summed E-state index contributed by atoms with van der Waals surface area (Å²) in [6.07, 6.45) is 1.92. The lowest BCUT2D eigenvalue weighted by atomic mass is 10.3. The van der Waals surface area contributed by atoms with Gasteiger partial charge >= 0.3 is 0 Å². The Labute approximate surface area is 100 Å². The summed E-state index contributed by atoms with van der Waals surface area (Å²) in [5.41, 5.74) is 0. The summed E-state index contributed by atoms with van der Waals surface area (Å²) in [5, 5.41) is 0. The number of nitrogens with zero attached hydrogens (tertiary/aromatic N) is 2. The summed E-state index contributed by atoms with van der Waals surface area (Å²) in [7, 11) is 3.16. The van der Waals surface area contributed by atoms with Gasteiger partial charge in [0, 0.05) is 39.9 Å². The molecule has 0 aromatic rings. The number of hydrogen-bond donors (Lipinski definition) is 0. The number of amides is 2. The summed E-state index contributed by atoms with van der Waals surface area (Å²) in [6.45, 7) is 0.272. The third kappa shape index (κ3) is 2.28. The molecule has 2 fully saturated rings. The molecule has 6 nitrogen and oxygen atoms in total. The number of rotatable bonds is 4. The van der Waals surface area contributed by atoms with Crippen LogP contribution < -0.4 is 0 Å². The molecule has 2 aliphatic rings. The third-order valence-corrected chi connectivity index (χ3v) is 3.40. The first kappa shape index (κ1) is 12.3. The molecule has 0 aliphatic carbocycles. The Morgan fingerprint density at radius 1 is 1.00 bits per heavy atom. The Balaban J connectivity index is 2.03. The van der Waals surface area contributed by atoms with Gasteiger partial charge in [0.15, 0.2) is 0 Å². The van der Waals surface area contributed by atoms with E-state index in [9.17, 15) is 9.59 Å². The van der Waals surface area contributed by atoms with Gasteiger partial charge in [0.2, 0.25) is 11.8 Å². The van der Waals surface area contributed by atoms with E-state index in [-0.39, 0.29) is 30.9 Å². The minimum Gasteiger partial charge on any atom is -0.361 e. The molecule has 2 amide bonds. The van der Waals surface area contributed by atoms with Gasteiger partial charge in [-0.05, 0) is 0 Å². The lowest BCUT2D eigenvalue weighted by Crippen LogP contribution is -2.47. The summed E-state index contributed by atoms with van der Waals surface area (Å²) in [4.78, 5) is 26.6. The highest BCUT2D eigenvalue weighted by Gasteiger charge is 2.37. The van der Waals surface area contributed by atoms with Crippen molar-refractivity contribution in [1.82, 2.24) is 9.80 Å². The summed E-state index contributed by atoms with van der Waals surface area (Å²) < 4.78 is 10.5. The van der Waals surface area contributed by atoms with Crippen LogP contribution >= 0.6 is 0 Å². The molecule has 0 N–H and O–H groups in total. The van der Waals surface area contributed by atoms with E-state index in [2.05, 4.69) is 0 Å². The first-order chi connectivity index (χ1) is 8.17. The van der Waals surface area contributed by atoms with Gasteiger partial charge in [0.05, 0.1) is 0 Å². The van der Waals surface area contributed by atoms with Gasteiger partial charge in [-0.1, -0.05) is 0 Å². The van der Waals surface area contributed by atoms with Crippen LogP contribution in [0.3, 0.4) is 0 Å². The zero-order valence-electron chi connectivity index (χ0n) is 10.2. The molecule has 96 valence electrons. The van der Waals surface area contributed by atoms with Crippen molar-refractivity contribution in [2.75, 3.05) is 20.9 Å². The second-order valence-electron chi connectivity index (χ2n) is 4.33. The standard InChI is InChI=1S/C11H18N2O4/c1-16-10-5-3-8(14)12(10)7-13-9(15)4-6-11(13)17-2/h10-11H,3-7H2,1-2H3. The minimum absolute atomic E-state index is 0.0337. The van der Waals surface area contributed by atoms with Gasteiger partial charge in [-0.15, -0.1) is 0 Å². The highest BCUT2D eigenvalue weighted by Crippen LogP contribution is 2.24. The normalized spacial score (nSPS) is 29.5. The van der Waals surface area contributed by atoms with Crippen LogP contribution in [0, 0.1) is 0 Å². The molecule has 0 bridgehead atoms. The first-order valence-electron chi connectivity index (χ1n) is 5.82. The monoisotopic (exact) mass is 242 g/mol. The van der Waals surface area contributed by atoms with Gasteiger partial charge in [0.1, 0.15) is 19.1 Å². The number of methoxy groups -OCH3 is 2. The molecule has 2 unspecified atom stereocenters. The van der Waals surface area contributed by atoms with Crippen LogP contribution in [0.4, 0.5) is 0 Å². The summed E-state index contributed by atoms with van der Waals surface area (Å²) in [6, 6.07) is 0. The zero-order chi connectivity index (χ0) is 12.4. The van der Waals surface area contributed by atoms with Gasteiger partial charge < -0.3 is 9.47 Å². The van der Waals surface area contributed by atoms with Crippen LogP contribution in [0.15, 0.2) is 0 Å². The third-order valence-electron chi connectivity index (χ3n) is 3.40. The molecular formula is C11H18N2O4. The van der Waals surface area contributed by atoms with E-state index in [0.717, 1.165) is 0 Å². The Morgan fingerprint density at radius 3 is 1.76 bits per heavy atom. The van der Waals surface area contributed by atoms with Crippen LogP contribution in [0.2, 0.25) is 0 Å². The fourth-order valence-electron chi connectivity index (χ4n) is 2.41. The van der Waals surface area contributed by atoms with Gasteiger partial charge in [-0.2, -0.15) is 0 Å². The van der Waals surface area contributed by atoms with Crippen molar-refractivity contribution in [2.45, 2.75) is 38.1 Å². The summed E-state index contributed by atoms with van der Waals surface area (Å²) >= 11 is 0. The molecule has 6 heteroatoms. The Kier molecular flexibility index (Phi) is 3.63. The van der Waals surface area contributed by atoms with Crippen molar-refractivity contribution < 1.29 is 19.1 Å². The van der Waals surface area contributed by atoms with Gasteiger partial charge in [-0.25, -0.2) is 0 Å². The Morgan fingerprint density at radius 2 is 1.41 bits per heavy atom. The predicted octanol–water partition coefficient (Wildman–Crippen LogP) is 0.134. The van der Waals surface area contributed by atoms with Crippen molar-refractivity contribution in [1.29, 1.82) is 0 Å². The topological polar surface area (TPSA) is 59.1 Å². The van der Waals surface area contributed by atoms with Crippen LogP contribution in [-0.4, -0.2) is 55.0 Å². The molecule has 2 saturated heterocycles.